The van der Waals surface area contributed by atoms with Crippen LogP contribution in [0.15, 0.2) is 11.6 Å². The van der Waals surface area contributed by atoms with Gasteiger partial charge in [-0.1, -0.05) is 45.8 Å². The Balaban J connectivity index is 1.91. The van der Waals surface area contributed by atoms with Gasteiger partial charge in [-0.15, -0.1) is 0 Å². The topological polar surface area (TPSA) is 26.0 Å². The zero-order valence-corrected chi connectivity index (χ0v) is 14.6. The van der Waals surface area contributed by atoms with Crippen molar-refractivity contribution in [3.05, 3.63) is 11.6 Å². The molecule has 21 heavy (non-hydrogen) atoms. The van der Waals surface area contributed by atoms with Crippen LogP contribution in [-0.4, -0.2) is 6.54 Å². The molecule has 0 unspecified atom stereocenters. The minimum Gasteiger partial charge on any atom is -0.330 e. The van der Waals surface area contributed by atoms with E-state index in [1.165, 1.54) is 44.9 Å². The van der Waals surface area contributed by atoms with Gasteiger partial charge in [-0.25, -0.2) is 0 Å². The van der Waals surface area contributed by atoms with E-state index in [0.29, 0.717) is 10.8 Å². The Labute approximate surface area is 131 Å². The van der Waals surface area contributed by atoms with Crippen LogP contribution in [0.4, 0.5) is 0 Å². The smallest absolute Gasteiger partial charge is 0.00203 e. The van der Waals surface area contributed by atoms with Crippen molar-refractivity contribution in [2.24, 2.45) is 40.2 Å². The van der Waals surface area contributed by atoms with E-state index in [1.807, 2.05) is 5.57 Å². The Morgan fingerprint density at radius 1 is 1.19 bits per heavy atom. The predicted molar refractivity (Wildman–Crippen MR) is 91.0 cm³/mol. The minimum absolute atomic E-state index is 0.396. The summed E-state index contributed by atoms with van der Waals surface area (Å²) in [4.78, 5) is 0. The number of allylic oxidation sites excluding steroid dienone is 2. The molecule has 5 atom stereocenters. The maximum Gasteiger partial charge on any atom is -0.00203 e. The van der Waals surface area contributed by atoms with Gasteiger partial charge in [-0.3, -0.25) is 0 Å². The fraction of sp³-hybridized carbons (Fsp3) is 0.900. The molecule has 0 radical (unpaired) electrons. The van der Waals surface area contributed by atoms with Crippen LogP contribution in [0, 0.1) is 34.5 Å². The Morgan fingerprint density at radius 2 is 1.95 bits per heavy atom. The molecule has 0 saturated heterocycles. The summed E-state index contributed by atoms with van der Waals surface area (Å²) in [6.45, 7) is 10.7. The molecule has 0 amide bonds. The van der Waals surface area contributed by atoms with E-state index >= 15 is 0 Å². The van der Waals surface area contributed by atoms with Crippen molar-refractivity contribution >= 4 is 0 Å². The van der Waals surface area contributed by atoms with E-state index in [9.17, 15) is 0 Å². The number of nitrogens with two attached hydrogens (primary N) is 1. The quantitative estimate of drug-likeness (QED) is 0.698. The second-order valence-electron chi connectivity index (χ2n) is 9.09. The van der Waals surface area contributed by atoms with Crippen molar-refractivity contribution in [3.8, 4) is 0 Å². The highest BCUT2D eigenvalue weighted by Crippen LogP contribution is 2.63. The summed E-state index contributed by atoms with van der Waals surface area (Å²) in [5.41, 5.74) is 8.96. The SMILES string of the molecule is CC(C)[C@H]1C=C2CC[C@H]3[C@](C)(CN)CCC[C@]3(C)[C@H]2CC1. The number of hydrogen-bond acceptors (Lipinski definition) is 1. The van der Waals surface area contributed by atoms with Crippen molar-refractivity contribution in [1.29, 1.82) is 0 Å². The highest BCUT2D eigenvalue weighted by atomic mass is 14.7. The zero-order chi connectivity index (χ0) is 15.3. The first-order valence-electron chi connectivity index (χ1n) is 9.31. The van der Waals surface area contributed by atoms with Crippen LogP contribution in [0.1, 0.15) is 72.6 Å². The van der Waals surface area contributed by atoms with Gasteiger partial charge in [0.15, 0.2) is 0 Å². The lowest BCUT2D eigenvalue weighted by atomic mass is 9.45. The summed E-state index contributed by atoms with van der Waals surface area (Å²) >= 11 is 0. The largest absolute Gasteiger partial charge is 0.330 e. The van der Waals surface area contributed by atoms with Gasteiger partial charge in [-0.05, 0) is 79.6 Å². The lowest BCUT2D eigenvalue weighted by Gasteiger charge is -2.60. The lowest BCUT2D eigenvalue weighted by Crippen LogP contribution is -2.53. The molecule has 3 aliphatic rings. The van der Waals surface area contributed by atoms with E-state index in [1.54, 1.807) is 0 Å². The van der Waals surface area contributed by atoms with Gasteiger partial charge in [0.1, 0.15) is 0 Å². The summed E-state index contributed by atoms with van der Waals surface area (Å²) in [7, 11) is 0. The molecule has 120 valence electrons. The average Bonchev–Trinajstić information content (AvgIpc) is 2.46. The maximum absolute atomic E-state index is 6.22. The molecule has 3 aliphatic carbocycles. The zero-order valence-electron chi connectivity index (χ0n) is 14.6. The maximum atomic E-state index is 6.22. The number of rotatable bonds is 2. The summed E-state index contributed by atoms with van der Waals surface area (Å²) < 4.78 is 0. The molecular weight excluding hydrogens is 254 g/mol. The fourth-order valence-electron chi connectivity index (χ4n) is 6.22. The molecule has 0 bridgehead atoms. The monoisotopic (exact) mass is 289 g/mol. The van der Waals surface area contributed by atoms with Crippen molar-refractivity contribution < 1.29 is 0 Å². The van der Waals surface area contributed by atoms with Gasteiger partial charge in [0.05, 0.1) is 0 Å². The van der Waals surface area contributed by atoms with Gasteiger partial charge in [0, 0.05) is 0 Å². The van der Waals surface area contributed by atoms with E-state index < -0.39 is 0 Å². The first-order chi connectivity index (χ1) is 9.90. The van der Waals surface area contributed by atoms with E-state index in [0.717, 1.165) is 30.2 Å². The Kier molecular flexibility index (Phi) is 4.01. The predicted octanol–water partition coefficient (Wildman–Crippen LogP) is 5.16. The van der Waals surface area contributed by atoms with Crippen molar-refractivity contribution in [3.63, 3.8) is 0 Å². The van der Waals surface area contributed by atoms with Gasteiger partial charge < -0.3 is 5.73 Å². The van der Waals surface area contributed by atoms with Gasteiger partial charge in [-0.2, -0.15) is 0 Å². The third kappa shape index (κ3) is 2.40. The Hall–Kier alpha value is -0.300. The molecule has 0 spiro atoms. The van der Waals surface area contributed by atoms with Crippen LogP contribution in [0.5, 0.6) is 0 Å². The first-order valence-corrected chi connectivity index (χ1v) is 9.31. The van der Waals surface area contributed by atoms with E-state index in [-0.39, 0.29) is 0 Å². The molecular formula is C20H35N. The molecule has 3 rings (SSSR count). The summed E-state index contributed by atoms with van der Waals surface area (Å²) in [5.74, 6) is 3.35. The molecule has 0 heterocycles. The summed E-state index contributed by atoms with van der Waals surface area (Å²) in [5, 5.41) is 0. The average molecular weight is 290 g/mol. The standard InChI is InChI=1S/C20H35N/c1-14(2)15-6-8-17-16(12-15)7-9-18-19(3,13-21)10-5-11-20(17,18)4/h12,14-15,17-18H,5-11,13,21H2,1-4H3/t15-,17+,18+,19+,20-/m1/s1. The van der Waals surface area contributed by atoms with Crippen LogP contribution in [-0.2, 0) is 0 Å². The molecule has 0 aromatic carbocycles. The fourth-order valence-corrected chi connectivity index (χ4v) is 6.22. The van der Waals surface area contributed by atoms with Crippen LogP contribution in [0.25, 0.3) is 0 Å². The molecule has 2 fully saturated rings. The van der Waals surface area contributed by atoms with Crippen molar-refractivity contribution in [2.75, 3.05) is 6.54 Å². The number of fused-ring (bicyclic) bond motifs is 3. The summed E-state index contributed by atoms with van der Waals surface area (Å²) in [6, 6.07) is 0. The Bertz CT molecular complexity index is 424. The second-order valence-corrected chi connectivity index (χ2v) is 9.09. The second kappa shape index (κ2) is 5.41. The number of hydrogen-bond donors (Lipinski definition) is 1. The van der Waals surface area contributed by atoms with Crippen molar-refractivity contribution in [1.82, 2.24) is 0 Å². The highest BCUT2D eigenvalue weighted by Gasteiger charge is 2.54. The molecule has 0 aromatic rings. The van der Waals surface area contributed by atoms with Crippen molar-refractivity contribution in [2.45, 2.75) is 72.6 Å². The third-order valence-electron chi connectivity index (χ3n) is 7.61. The van der Waals surface area contributed by atoms with Gasteiger partial charge in [0.25, 0.3) is 0 Å². The normalized spacial score (nSPS) is 46.8. The molecule has 2 saturated carbocycles. The van der Waals surface area contributed by atoms with Crippen LogP contribution in [0.2, 0.25) is 0 Å². The molecule has 1 heteroatoms. The van der Waals surface area contributed by atoms with Gasteiger partial charge in [0.2, 0.25) is 0 Å². The van der Waals surface area contributed by atoms with E-state index in [2.05, 4.69) is 33.8 Å². The van der Waals surface area contributed by atoms with Crippen LogP contribution in [0.3, 0.4) is 0 Å². The molecule has 2 N–H and O–H groups in total. The Morgan fingerprint density at radius 3 is 2.62 bits per heavy atom. The lowest BCUT2D eigenvalue weighted by molar-refractivity contribution is -0.0626. The summed E-state index contributed by atoms with van der Waals surface area (Å²) in [6.07, 6.45) is 12.4. The molecule has 0 aliphatic heterocycles. The van der Waals surface area contributed by atoms with Crippen LogP contribution >= 0.6 is 0 Å². The van der Waals surface area contributed by atoms with Crippen LogP contribution < -0.4 is 5.73 Å². The molecule has 1 nitrogen and oxygen atoms in total. The highest BCUT2D eigenvalue weighted by molar-refractivity contribution is 5.22. The third-order valence-corrected chi connectivity index (χ3v) is 7.61. The van der Waals surface area contributed by atoms with E-state index in [4.69, 9.17) is 5.73 Å². The molecule has 0 aromatic heterocycles. The minimum atomic E-state index is 0.396. The van der Waals surface area contributed by atoms with Gasteiger partial charge >= 0.3 is 0 Å². The first kappa shape index (κ1) is 15.6.